The Labute approximate surface area is 170 Å². The van der Waals surface area contributed by atoms with Gasteiger partial charge in [0.05, 0.1) is 5.56 Å². The summed E-state index contributed by atoms with van der Waals surface area (Å²) in [4.78, 5) is 5.83. The molecule has 0 saturated carbocycles. The Balaban J connectivity index is 1.62. The average Bonchev–Trinajstić information content (AvgIpc) is 3.09. The van der Waals surface area contributed by atoms with Crippen LogP contribution in [-0.4, -0.2) is 27.9 Å². The largest absolute Gasteiger partial charge is 0.435 e. The Kier molecular flexibility index (Phi) is 6.62. The lowest BCUT2D eigenvalue weighted by Crippen LogP contribution is -2.35. The molecule has 2 aromatic heterocycles. The van der Waals surface area contributed by atoms with Crippen LogP contribution < -0.4 is 4.90 Å². The van der Waals surface area contributed by atoms with E-state index in [1.165, 1.54) is 10.7 Å². The fraction of sp³-hybridized carbons (Fsp3) is 0.600. The molecule has 1 saturated heterocycles. The van der Waals surface area contributed by atoms with E-state index in [-0.39, 0.29) is 5.92 Å². The summed E-state index contributed by atoms with van der Waals surface area (Å²) in [5.74, 6) is 0.669. The number of aromatic nitrogens is 3. The second-order valence-electron chi connectivity index (χ2n) is 7.63. The first-order chi connectivity index (χ1) is 14.1. The molecule has 0 N–H and O–H groups in total. The zero-order chi connectivity index (χ0) is 21.9. The van der Waals surface area contributed by atoms with Crippen LogP contribution in [0.5, 0.6) is 0 Å². The molecule has 30 heavy (non-hydrogen) atoms. The molecule has 0 bridgehead atoms. The molecule has 0 aliphatic carbocycles. The number of unbranched alkanes of at least 4 members (excludes halogenated alkanes) is 1. The SMILES string of the molecule is CCCCn1nc(C(F)(F)F)cc1CC1CCN(c2ccc(C(F)(F)F)cn2)CC1. The van der Waals surface area contributed by atoms with Crippen molar-refractivity contribution in [3.8, 4) is 0 Å². The number of pyridine rings is 1. The van der Waals surface area contributed by atoms with Crippen molar-refractivity contribution in [1.82, 2.24) is 14.8 Å². The molecule has 10 heteroatoms. The molecule has 166 valence electrons. The molecule has 0 unspecified atom stereocenters. The van der Waals surface area contributed by atoms with Crippen molar-refractivity contribution in [3.05, 3.63) is 41.3 Å². The highest BCUT2D eigenvalue weighted by Gasteiger charge is 2.35. The van der Waals surface area contributed by atoms with Crippen molar-refractivity contribution >= 4 is 5.82 Å². The first kappa shape index (κ1) is 22.4. The summed E-state index contributed by atoms with van der Waals surface area (Å²) < 4.78 is 78.7. The van der Waals surface area contributed by atoms with Crippen molar-refractivity contribution < 1.29 is 26.3 Å². The molecule has 0 atom stereocenters. The van der Waals surface area contributed by atoms with Crippen molar-refractivity contribution in [2.45, 2.75) is 57.9 Å². The minimum absolute atomic E-state index is 0.189. The topological polar surface area (TPSA) is 34.0 Å². The normalized spacial score (nSPS) is 16.3. The summed E-state index contributed by atoms with van der Waals surface area (Å²) in [7, 11) is 0. The number of piperidine rings is 1. The second-order valence-corrected chi connectivity index (χ2v) is 7.63. The molecule has 4 nitrogen and oxygen atoms in total. The van der Waals surface area contributed by atoms with E-state index in [2.05, 4.69) is 10.1 Å². The highest BCUT2D eigenvalue weighted by Crippen LogP contribution is 2.32. The molecule has 1 fully saturated rings. The van der Waals surface area contributed by atoms with Crippen molar-refractivity contribution in [1.29, 1.82) is 0 Å². The number of rotatable bonds is 6. The van der Waals surface area contributed by atoms with Gasteiger partial charge in [-0.3, -0.25) is 4.68 Å². The van der Waals surface area contributed by atoms with E-state index in [0.29, 0.717) is 37.6 Å². The van der Waals surface area contributed by atoms with Gasteiger partial charge in [0.1, 0.15) is 5.82 Å². The molecule has 3 heterocycles. The summed E-state index contributed by atoms with van der Waals surface area (Å²) >= 11 is 0. The maximum Gasteiger partial charge on any atom is 0.435 e. The molecule has 1 aliphatic heterocycles. The lowest BCUT2D eigenvalue weighted by Gasteiger charge is -2.33. The van der Waals surface area contributed by atoms with Gasteiger partial charge in [0.2, 0.25) is 0 Å². The quantitative estimate of drug-likeness (QED) is 0.557. The summed E-state index contributed by atoms with van der Waals surface area (Å²) in [6.07, 6.45) is -4.50. The van der Waals surface area contributed by atoms with Gasteiger partial charge in [-0.15, -0.1) is 0 Å². The molecule has 0 radical (unpaired) electrons. The zero-order valence-corrected chi connectivity index (χ0v) is 16.6. The average molecular weight is 434 g/mol. The van der Waals surface area contributed by atoms with Gasteiger partial charge in [0.25, 0.3) is 0 Å². The van der Waals surface area contributed by atoms with E-state index < -0.39 is 23.6 Å². The zero-order valence-electron chi connectivity index (χ0n) is 16.6. The van der Waals surface area contributed by atoms with E-state index in [9.17, 15) is 26.3 Å². The Morgan fingerprint density at radius 1 is 1.03 bits per heavy atom. The van der Waals surface area contributed by atoms with Crippen LogP contribution in [0.3, 0.4) is 0 Å². The van der Waals surface area contributed by atoms with Crippen LogP contribution in [0.25, 0.3) is 0 Å². The molecular weight excluding hydrogens is 410 g/mol. The lowest BCUT2D eigenvalue weighted by molar-refractivity contribution is -0.141. The predicted octanol–water partition coefficient (Wildman–Crippen LogP) is 5.57. The molecule has 0 spiro atoms. The third-order valence-corrected chi connectivity index (χ3v) is 5.39. The van der Waals surface area contributed by atoms with Crippen LogP contribution in [0.2, 0.25) is 0 Å². The Morgan fingerprint density at radius 2 is 1.73 bits per heavy atom. The highest BCUT2D eigenvalue weighted by atomic mass is 19.4. The fourth-order valence-electron chi connectivity index (χ4n) is 3.66. The van der Waals surface area contributed by atoms with Crippen LogP contribution in [0.4, 0.5) is 32.2 Å². The van der Waals surface area contributed by atoms with Crippen molar-refractivity contribution in [3.63, 3.8) is 0 Å². The number of hydrogen-bond donors (Lipinski definition) is 0. The molecule has 2 aromatic rings. The predicted molar refractivity (Wildman–Crippen MR) is 100 cm³/mol. The van der Waals surface area contributed by atoms with Gasteiger partial charge < -0.3 is 4.90 Å². The third kappa shape index (κ3) is 5.46. The smallest absolute Gasteiger partial charge is 0.357 e. The molecule has 0 amide bonds. The van der Waals surface area contributed by atoms with E-state index in [1.807, 2.05) is 11.8 Å². The Hall–Kier alpha value is -2.26. The minimum atomic E-state index is -4.47. The van der Waals surface area contributed by atoms with Crippen molar-refractivity contribution in [2.75, 3.05) is 18.0 Å². The second kappa shape index (κ2) is 8.85. The highest BCUT2D eigenvalue weighted by molar-refractivity contribution is 5.40. The van der Waals surface area contributed by atoms with E-state index in [1.54, 1.807) is 0 Å². The number of alkyl halides is 6. The maximum absolute atomic E-state index is 13.1. The third-order valence-electron chi connectivity index (χ3n) is 5.39. The van der Waals surface area contributed by atoms with Gasteiger partial charge in [-0.05, 0) is 49.8 Å². The first-order valence-electron chi connectivity index (χ1n) is 10.00. The summed E-state index contributed by atoms with van der Waals surface area (Å²) in [5.41, 5.74) is -1.07. The first-order valence-corrected chi connectivity index (χ1v) is 10.00. The van der Waals surface area contributed by atoms with Crippen LogP contribution >= 0.6 is 0 Å². The summed E-state index contributed by atoms with van der Waals surface area (Å²) in [5, 5.41) is 3.75. The number of anilines is 1. The maximum atomic E-state index is 13.1. The van der Waals surface area contributed by atoms with Gasteiger partial charge in [0.15, 0.2) is 5.69 Å². The number of hydrogen-bond acceptors (Lipinski definition) is 3. The van der Waals surface area contributed by atoms with Crippen LogP contribution in [0.15, 0.2) is 24.4 Å². The standard InChI is InChI=1S/C20H24F6N4/c1-2-3-8-30-16(12-17(28-30)20(24,25)26)11-14-6-9-29(10-7-14)18-5-4-15(13-27-18)19(21,22)23/h4-5,12-14H,2-3,6-11H2,1H3. The van der Waals surface area contributed by atoms with Crippen LogP contribution in [-0.2, 0) is 25.3 Å². The number of nitrogens with zero attached hydrogens (tertiary/aromatic N) is 4. The van der Waals surface area contributed by atoms with Crippen LogP contribution in [0, 0.1) is 5.92 Å². The lowest BCUT2D eigenvalue weighted by atomic mass is 9.92. The van der Waals surface area contributed by atoms with Gasteiger partial charge in [-0.25, -0.2) is 4.98 Å². The summed E-state index contributed by atoms with van der Waals surface area (Å²) in [6, 6.07) is 3.51. The van der Waals surface area contributed by atoms with Gasteiger partial charge >= 0.3 is 12.4 Å². The molecule has 1 aliphatic rings. The van der Waals surface area contributed by atoms with E-state index in [4.69, 9.17) is 0 Å². The Bertz CT molecular complexity index is 817. The van der Waals surface area contributed by atoms with Gasteiger partial charge in [-0.1, -0.05) is 13.3 Å². The summed E-state index contributed by atoms with van der Waals surface area (Å²) in [6.45, 7) is 3.62. The van der Waals surface area contributed by atoms with E-state index in [0.717, 1.165) is 44.0 Å². The fourth-order valence-corrected chi connectivity index (χ4v) is 3.66. The molecule has 0 aromatic carbocycles. The van der Waals surface area contributed by atoms with Gasteiger partial charge in [0, 0.05) is 31.5 Å². The molecule has 3 rings (SSSR count). The van der Waals surface area contributed by atoms with Gasteiger partial charge in [-0.2, -0.15) is 31.4 Å². The Morgan fingerprint density at radius 3 is 2.27 bits per heavy atom. The minimum Gasteiger partial charge on any atom is -0.357 e. The van der Waals surface area contributed by atoms with E-state index >= 15 is 0 Å². The molecular formula is C20H24F6N4. The van der Waals surface area contributed by atoms with Crippen LogP contribution in [0.1, 0.15) is 49.6 Å². The number of halogens is 6. The number of aryl methyl sites for hydroxylation is 1. The monoisotopic (exact) mass is 434 g/mol. The van der Waals surface area contributed by atoms with Crippen molar-refractivity contribution in [2.24, 2.45) is 5.92 Å².